The fourth-order valence-electron chi connectivity index (χ4n) is 3.16. The molecule has 7 heteroatoms. The number of aromatic carboxylic acids is 1. The van der Waals surface area contributed by atoms with Crippen LogP contribution in [0.4, 0.5) is 4.39 Å². The maximum absolute atomic E-state index is 13.3. The van der Waals surface area contributed by atoms with Crippen molar-refractivity contribution in [2.45, 2.75) is 38.9 Å². The van der Waals surface area contributed by atoms with E-state index in [1.165, 1.54) is 6.07 Å². The second-order valence-corrected chi connectivity index (χ2v) is 9.43. The van der Waals surface area contributed by atoms with Crippen molar-refractivity contribution in [3.8, 4) is 11.1 Å². The molecule has 0 bridgehead atoms. The van der Waals surface area contributed by atoms with E-state index >= 15 is 0 Å². The maximum atomic E-state index is 13.3. The summed E-state index contributed by atoms with van der Waals surface area (Å²) in [6.07, 6.45) is 0. The fourth-order valence-corrected chi connectivity index (χ4v) is 3.68. The molecule has 0 saturated carbocycles. The number of carboxylic acids is 1. The van der Waals surface area contributed by atoms with Crippen LogP contribution >= 0.6 is 15.9 Å². The molecule has 1 saturated heterocycles. The molecule has 166 valence electrons. The highest BCUT2D eigenvalue weighted by molar-refractivity contribution is 9.10. The van der Waals surface area contributed by atoms with E-state index in [2.05, 4.69) is 15.9 Å². The molecule has 0 amide bonds. The van der Waals surface area contributed by atoms with E-state index in [1.54, 1.807) is 24.3 Å². The molecule has 1 aliphatic heterocycles. The molecule has 0 radical (unpaired) electrons. The van der Waals surface area contributed by atoms with Crippen molar-refractivity contribution in [2.75, 3.05) is 0 Å². The third-order valence-corrected chi connectivity index (χ3v) is 6.11. The average Bonchev–Trinajstić information content (AvgIpc) is 2.96. The zero-order valence-electron chi connectivity index (χ0n) is 18.4. The Hall–Kier alpha value is -2.48. The van der Waals surface area contributed by atoms with Crippen LogP contribution in [0, 0.1) is 5.82 Å². The first-order valence-electron chi connectivity index (χ1n) is 10.2. The van der Waals surface area contributed by atoms with Gasteiger partial charge in [-0.15, -0.1) is 0 Å². The van der Waals surface area contributed by atoms with Crippen molar-refractivity contribution in [2.24, 2.45) is 0 Å². The van der Waals surface area contributed by atoms with Gasteiger partial charge in [0, 0.05) is 10.0 Å². The number of hydrogen-bond acceptors (Lipinski definition) is 3. The molecule has 3 aromatic carbocycles. The van der Waals surface area contributed by atoms with E-state index in [0.29, 0.717) is 15.5 Å². The van der Waals surface area contributed by atoms with Gasteiger partial charge in [-0.1, -0.05) is 64.5 Å². The molecule has 0 spiro atoms. The molecule has 32 heavy (non-hydrogen) atoms. The number of carbonyl (C=O) groups is 1. The first kappa shape index (κ1) is 24.2. The molecule has 0 aliphatic carbocycles. The van der Waals surface area contributed by atoms with E-state index in [4.69, 9.17) is 14.4 Å². The van der Waals surface area contributed by atoms with Gasteiger partial charge in [0.2, 0.25) is 0 Å². The maximum Gasteiger partial charge on any atom is 0.494 e. The highest BCUT2D eigenvalue weighted by atomic mass is 79.9. The van der Waals surface area contributed by atoms with Gasteiger partial charge in [-0.2, -0.15) is 0 Å². The monoisotopic (exact) mass is 498 g/mol. The van der Waals surface area contributed by atoms with Crippen molar-refractivity contribution in [3.05, 3.63) is 88.6 Å². The minimum atomic E-state index is -0.973. The second kappa shape index (κ2) is 9.57. The Morgan fingerprint density at radius 2 is 1.47 bits per heavy atom. The summed E-state index contributed by atoms with van der Waals surface area (Å²) >= 11 is 3.31. The number of halogens is 2. The lowest BCUT2D eigenvalue weighted by Crippen LogP contribution is -2.41. The topological polar surface area (TPSA) is 55.8 Å². The van der Waals surface area contributed by atoms with Crippen LogP contribution in [0.2, 0.25) is 0 Å². The van der Waals surface area contributed by atoms with Crippen molar-refractivity contribution in [1.82, 2.24) is 0 Å². The summed E-state index contributed by atoms with van der Waals surface area (Å²) in [5.74, 6) is -1.15. The average molecular weight is 499 g/mol. The zero-order chi connectivity index (χ0) is 23.5. The van der Waals surface area contributed by atoms with Gasteiger partial charge in [0.15, 0.2) is 0 Å². The Balaban J connectivity index is 0.000000193. The second-order valence-electron chi connectivity index (χ2n) is 8.51. The van der Waals surface area contributed by atoms with Crippen molar-refractivity contribution in [1.29, 1.82) is 0 Å². The molecule has 4 rings (SSSR count). The predicted octanol–water partition coefficient (Wildman–Crippen LogP) is 5.94. The van der Waals surface area contributed by atoms with Gasteiger partial charge in [-0.3, -0.25) is 0 Å². The minimum Gasteiger partial charge on any atom is -0.478 e. The van der Waals surface area contributed by atoms with Gasteiger partial charge >= 0.3 is 13.1 Å². The lowest BCUT2D eigenvalue weighted by molar-refractivity contribution is 0.00578. The number of carboxylic acid groups (broad SMARTS) is 1. The summed E-state index contributed by atoms with van der Waals surface area (Å²) < 4.78 is 25.8. The molecular formula is C25H25BBrFO4. The van der Waals surface area contributed by atoms with E-state index < -0.39 is 24.3 Å². The summed E-state index contributed by atoms with van der Waals surface area (Å²) in [7, 11) is -0.555. The highest BCUT2D eigenvalue weighted by Gasteiger charge is 2.51. The van der Waals surface area contributed by atoms with Gasteiger partial charge in [-0.05, 0) is 63.0 Å². The zero-order valence-corrected chi connectivity index (χ0v) is 20.0. The number of rotatable bonds is 3. The molecule has 3 aromatic rings. The van der Waals surface area contributed by atoms with E-state index in [0.717, 1.165) is 5.56 Å². The normalized spacial score (nSPS) is 16.2. The summed E-state index contributed by atoms with van der Waals surface area (Å²) in [5.41, 5.74) is 1.60. The van der Waals surface area contributed by atoms with Crippen LogP contribution < -0.4 is 5.46 Å². The van der Waals surface area contributed by atoms with Crippen LogP contribution in [-0.2, 0) is 9.31 Å². The molecular weight excluding hydrogens is 474 g/mol. The molecule has 0 unspecified atom stereocenters. The molecule has 4 nitrogen and oxygen atoms in total. The standard InChI is InChI=1S/C13H16BBrO4.C12H9F/c1-12(2)13(3,4)19-14(18-12)9-5-8(11(16)17)6-10(15)7-9;13-12-9-5-4-8-11(12)10-6-2-1-3-7-10/h5-7H,1-4H3,(H,16,17);1-9H. The van der Waals surface area contributed by atoms with Crippen molar-refractivity contribution < 1.29 is 23.6 Å². The molecule has 1 heterocycles. The fraction of sp³-hybridized carbons (Fsp3) is 0.240. The lowest BCUT2D eigenvalue weighted by Gasteiger charge is -2.32. The molecule has 0 atom stereocenters. The van der Waals surface area contributed by atoms with E-state index in [1.807, 2.05) is 70.2 Å². The van der Waals surface area contributed by atoms with Gasteiger partial charge < -0.3 is 14.4 Å². The highest BCUT2D eigenvalue weighted by Crippen LogP contribution is 2.36. The largest absolute Gasteiger partial charge is 0.494 e. The molecule has 1 N–H and O–H groups in total. The predicted molar refractivity (Wildman–Crippen MR) is 129 cm³/mol. The molecule has 1 fully saturated rings. The Labute approximate surface area is 196 Å². The number of hydrogen-bond donors (Lipinski definition) is 1. The third-order valence-electron chi connectivity index (χ3n) is 5.65. The van der Waals surface area contributed by atoms with E-state index in [9.17, 15) is 9.18 Å². The van der Waals surface area contributed by atoms with Crippen LogP contribution in [0.1, 0.15) is 38.1 Å². The van der Waals surface area contributed by atoms with Crippen LogP contribution in [0.15, 0.2) is 77.3 Å². The van der Waals surface area contributed by atoms with Gasteiger partial charge in [0.1, 0.15) is 5.82 Å². The third kappa shape index (κ3) is 5.47. The first-order chi connectivity index (χ1) is 15.0. The van der Waals surface area contributed by atoms with Crippen LogP contribution in [-0.4, -0.2) is 29.4 Å². The minimum absolute atomic E-state index is 0.172. The summed E-state index contributed by atoms with van der Waals surface area (Å²) in [6, 6.07) is 21.3. The van der Waals surface area contributed by atoms with Crippen molar-refractivity contribution in [3.63, 3.8) is 0 Å². The van der Waals surface area contributed by atoms with Crippen LogP contribution in [0.5, 0.6) is 0 Å². The summed E-state index contributed by atoms with van der Waals surface area (Å²) in [6.45, 7) is 7.85. The summed E-state index contributed by atoms with van der Waals surface area (Å²) in [5, 5.41) is 9.08. The van der Waals surface area contributed by atoms with Crippen LogP contribution in [0.3, 0.4) is 0 Å². The van der Waals surface area contributed by atoms with Gasteiger partial charge in [0.25, 0.3) is 0 Å². The number of benzene rings is 3. The Bertz CT molecular complexity index is 1090. The van der Waals surface area contributed by atoms with Gasteiger partial charge in [0.05, 0.1) is 16.8 Å². The summed E-state index contributed by atoms with van der Waals surface area (Å²) in [4.78, 5) is 11.1. The Kier molecular flexibility index (Phi) is 7.23. The van der Waals surface area contributed by atoms with Crippen molar-refractivity contribution >= 4 is 34.5 Å². The first-order valence-corrected chi connectivity index (χ1v) is 11.0. The smallest absolute Gasteiger partial charge is 0.478 e. The SMILES string of the molecule is CC1(C)OB(c2cc(Br)cc(C(=O)O)c2)OC1(C)C.Fc1ccccc1-c1ccccc1. The quantitative estimate of drug-likeness (QED) is 0.454. The van der Waals surface area contributed by atoms with Crippen LogP contribution in [0.25, 0.3) is 11.1 Å². The van der Waals surface area contributed by atoms with E-state index in [-0.39, 0.29) is 11.4 Å². The lowest BCUT2D eigenvalue weighted by atomic mass is 9.78. The Morgan fingerprint density at radius 1 is 0.906 bits per heavy atom. The molecule has 0 aromatic heterocycles. The molecule has 1 aliphatic rings. The van der Waals surface area contributed by atoms with Gasteiger partial charge in [-0.25, -0.2) is 9.18 Å². The Morgan fingerprint density at radius 3 is 2.03 bits per heavy atom.